The zero-order chi connectivity index (χ0) is 22.3. The maximum Gasteiger partial charge on any atom is 0.261 e. The van der Waals surface area contributed by atoms with Crippen LogP contribution in [0.1, 0.15) is 28.8 Å². The van der Waals surface area contributed by atoms with Crippen molar-refractivity contribution in [3.63, 3.8) is 0 Å². The van der Waals surface area contributed by atoms with Crippen molar-refractivity contribution in [3.05, 3.63) is 88.2 Å². The first kappa shape index (κ1) is 21.8. The van der Waals surface area contributed by atoms with Crippen LogP contribution in [0.15, 0.2) is 71.5 Å². The van der Waals surface area contributed by atoms with Gasteiger partial charge in [-0.25, -0.2) is 0 Å². The summed E-state index contributed by atoms with van der Waals surface area (Å²) in [6.45, 7) is 3.51. The SMILES string of the molecule is COc1ccc(CN2CCC(CNC(=O)c3ccc(-c4ccccc4)[nH]c3=O)CC2)cc1. The number of carbonyl (C=O) groups excluding carboxylic acids is 1. The third kappa shape index (κ3) is 5.45. The Balaban J connectivity index is 1.25. The molecule has 32 heavy (non-hydrogen) atoms. The monoisotopic (exact) mass is 431 g/mol. The van der Waals surface area contributed by atoms with E-state index in [-0.39, 0.29) is 17.0 Å². The molecule has 2 aromatic carbocycles. The van der Waals surface area contributed by atoms with Crippen molar-refractivity contribution in [2.75, 3.05) is 26.7 Å². The minimum Gasteiger partial charge on any atom is -0.497 e. The van der Waals surface area contributed by atoms with Gasteiger partial charge < -0.3 is 15.0 Å². The lowest BCUT2D eigenvalue weighted by Crippen LogP contribution is -2.39. The summed E-state index contributed by atoms with van der Waals surface area (Å²) in [5.74, 6) is 0.983. The second-order valence-electron chi connectivity index (χ2n) is 8.26. The molecule has 6 nitrogen and oxygen atoms in total. The molecule has 6 heteroatoms. The summed E-state index contributed by atoms with van der Waals surface area (Å²) in [6, 6.07) is 21.2. The highest BCUT2D eigenvalue weighted by atomic mass is 16.5. The van der Waals surface area contributed by atoms with Gasteiger partial charge in [0.05, 0.1) is 7.11 Å². The summed E-state index contributed by atoms with van der Waals surface area (Å²) in [5, 5.41) is 2.95. The third-order valence-corrected chi connectivity index (χ3v) is 6.06. The molecule has 0 bridgehead atoms. The number of likely N-dealkylation sites (tertiary alicyclic amines) is 1. The van der Waals surface area contributed by atoms with Crippen molar-refractivity contribution in [2.24, 2.45) is 5.92 Å². The molecule has 0 unspecified atom stereocenters. The lowest BCUT2D eigenvalue weighted by Gasteiger charge is -2.32. The molecule has 1 aromatic heterocycles. The van der Waals surface area contributed by atoms with Gasteiger partial charge in [-0.3, -0.25) is 14.5 Å². The van der Waals surface area contributed by atoms with Crippen LogP contribution in [0.3, 0.4) is 0 Å². The van der Waals surface area contributed by atoms with Gasteiger partial charge in [-0.15, -0.1) is 0 Å². The largest absolute Gasteiger partial charge is 0.497 e. The highest BCUT2D eigenvalue weighted by molar-refractivity contribution is 5.94. The summed E-state index contributed by atoms with van der Waals surface area (Å²) >= 11 is 0. The molecule has 0 atom stereocenters. The van der Waals surface area contributed by atoms with Crippen LogP contribution in [0.4, 0.5) is 0 Å². The maximum absolute atomic E-state index is 12.6. The number of H-pyrrole nitrogens is 1. The van der Waals surface area contributed by atoms with Crippen LogP contribution in [-0.4, -0.2) is 42.5 Å². The van der Waals surface area contributed by atoms with Gasteiger partial charge >= 0.3 is 0 Å². The second-order valence-corrected chi connectivity index (χ2v) is 8.26. The van der Waals surface area contributed by atoms with Crippen LogP contribution in [0.25, 0.3) is 11.3 Å². The van der Waals surface area contributed by atoms with E-state index in [1.165, 1.54) is 5.56 Å². The fraction of sp³-hybridized carbons (Fsp3) is 0.308. The number of hydrogen-bond acceptors (Lipinski definition) is 4. The molecule has 0 radical (unpaired) electrons. The van der Waals surface area contributed by atoms with E-state index in [1.54, 1.807) is 19.2 Å². The molecule has 1 fully saturated rings. The summed E-state index contributed by atoms with van der Waals surface area (Å²) in [4.78, 5) is 30.2. The average molecular weight is 432 g/mol. The van der Waals surface area contributed by atoms with E-state index < -0.39 is 0 Å². The standard InChI is InChI=1S/C26H29N3O3/c1-32-22-9-7-20(8-10-22)18-29-15-13-19(14-16-29)17-27-25(30)23-11-12-24(28-26(23)31)21-5-3-2-4-6-21/h2-12,19H,13-18H2,1H3,(H,27,30)(H,28,31). The zero-order valence-corrected chi connectivity index (χ0v) is 18.3. The van der Waals surface area contributed by atoms with E-state index in [2.05, 4.69) is 27.3 Å². The number of nitrogens with zero attached hydrogens (tertiary/aromatic N) is 1. The van der Waals surface area contributed by atoms with Crippen LogP contribution in [-0.2, 0) is 6.54 Å². The van der Waals surface area contributed by atoms with Crippen molar-refractivity contribution in [1.29, 1.82) is 0 Å². The fourth-order valence-electron chi connectivity index (χ4n) is 4.11. The molecule has 1 amide bonds. The molecule has 2 heterocycles. The van der Waals surface area contributed by atoms with Crippen LogP contribution < -0.4 is 15.6 Å². The van der Waals surface area contributed by atoms with Gasteiger partial charge in [0.1, 0.15) is 11.3 Å². The van der Waals surface area contributed by atoms with Gasteiger partial charge in [0.15, 0.2) is 0 Å². The molecule has 0 spiro atoms. The lowest BCUT2D eigenvalue weighted by molar-refractivity contribution is 0.0933. The van der Waals surface area contributed by atoms with Crippen molar-refractivity contribution in [2.45, 2.75) is 19.4 Å². The minimum atomic E-state index is -0.363. The van der Waals surface area contributed by atoms with Crippen LogP contribution in [0.5, 0.6) is 5.75 Å². The quantitative estimate of drug-likeness (QED) is 0.598. The maximum atomic E-state index is 12.6. The number of nitrogens with one attached hydrogen (secondary N) is 2. The van der Waals surface area contributed by atoms with Crippen molar-refractivity contribution < 1.29 is 9.53 Å². The predicted octanol–water partition coefficient (Wildman–Crippen LogP) is 3.69. The highest BCUT2D eigenvalue weighted by Crippen LogP contribution is 2.20. The van der Waals surface area contributed by atoms with Crippen LogP contribution in [0.2, 0.25) is 0 Å². The molecule has 166 valence electrons. The molecule has 0 saturated carbocycles. The first-order valence-corrected chi connectivity index (χ1v) is 11.0. The van der Waals surface area contributed by atoms with E-state index in [1.807, 2.05) is 42.5 Å². The number of piperidine rings is 1. The molecular formula is C26H29N3O3. The van der Waals surface area contributed by atoms with Crippen molar-refractivity contribution >= 4 is 5.91 Å². The number of methoxy groups -OCH3 is 1. The van der Waals surface area contributed by atoms with Gasteiger partial charge in [0.2, 0.25) is 0 Å². The molecule has 0 aliphatic carbocycles. The van der Waals surface area contributed by atoms with E-state index in [0.717, 1.165) is 43.8 Å². The molecule has 2 N–H and O–H groups in total. The Morgan fingerprint density at radius 3 is 2.41 bits per heavy atom. The smallest absolute Gasteiger partial charge is 0.261 e. The number of carbonyl (C=O) groups is 1. The Morgan fingerprint density at radius 2 is 1.75 bits per heavy atom. The molecule has 1 aliphatic rings. The number of hydrogen-bond donors (Lipinski definition) is 2. The first-order valence-electron chi connectivity index (χ1n) is 11.0. The fourth-order valence-corrected chi connectivity index (χ4v) is 4.11. The van der Waals surface area contributed by atoms with E-state index in [9.17, 15) is 9.59 Å². The number of ether oxygens (including phenoxy) is 1. The molecule has 4 rings (SSSR count). The van der Waals surface area contributed by atoms with E-state index in [0.29, 0.717) is 18.2 Å². The second kappa shape index (κ2) is 10.3. The van der Waals surface area contributed by atoms with Crippen molar-refractivity contribution in [1.82, 2.24) is 15.2 Å². The number of rotatable bonds is 7. The van der Waals surface area contributed by atoms with Gasteiger partial charge in [-0.2, -0.15) is 0 Å². The minimum absolute atomic E-state index is 0.154. The topological polar surface area (TPSA) is 74.4 Å². The lowest BCUT2D eigenvalue weighted by atomic mass is 9.96. The van der Waals surface area contributed by atoms with Crippen molar-refractivity contribution in [3.8, 4) is 17.0 Å². The summed E-state index contributed by atoms with van der Waals surface area (Å²) in [5.41, 5.74) is 2.69. The highest BCUT2D eigenvalue weighted by Gasteiger charge is 2.20. The van der Waals surface area contributed by atoms with Crippen LogP contribution >= 0.6 is 0 Å². The predicted molar refractivity (Wildman–Crippen MR) is 126 cm³/mol. The van der Waals surface area contributed by atoms with E-state index in [4.69, 9.17) is 4.74 Å². The van der Waals surface area contributed by atoms with Gasteiger partial charge in [0, 0.05) is 18.8 Å². The Labute approximate surface area is 188 Å². The average Bonchev–Trinajstić information content (AvgIpc) is 2.84. The number of aromatic amines is 1. The summed E-state index contributed by atoms with van der Waals surface area (Å²) in [6.07, 6.45) is 2.06. The Morgan fingerprint density at radius 1 is 1.03 bits per heavy atom. The zero-order valence-electron chi connectivity index (χ0n) is 18.3. The molecular weight excluding hydrogens is 402 g/mol. The van der Waals surface area contributed by atoms with E-state index >= 15 is 0 Å². The molecule has 1 saturated heterocycles. The molecule has 3 aromatic rings. The Hall–Kier alpha value is -3.38. The number of aromatic nitrogens is 1. The number of amides is 1. The number of pyridine rings is 1. The molecule has 1 aliphatic heterocycles. The third-order valence-electron chi connectivity index (χ3n) is 6.06. The Bertz CT molecular complexity index is 1090. The summed E-state index contributed by atoms with van der Waals surface area (Å²) in [7, 11) is 1.68. The van der Waals surface area contributed by atoms with Crippen LogP contribution in [0, 0.1) is 5.92 Å². The summed E-state index contributed by atoms with van der Waals surface area (Å²) < 4.78 is 5.22. The first-order chi connectivity index (χ1) is 15.6. The van der Waals surface area contributed by atoms with Gasteiger partial charge in [-0.1, -0.05) is 42.5 Å². The number of benzene rings is 2. The normalized spacial score (nSPS) is 14.8. The van der Waals surface area contributed by atoms with Gasteiger partial charge in [-0.05, 0) is 67.2 Å². The van der Waals surface area contributed by atoms with Gasteiger partial charge in [0.25, 0.3) is 11.5 Å². The Kier molecular flexibility index (Phi) is 7.02.